The van der Waals surface area contributed by atoms with Gasteiger partial charge in [0.25, 0.3) is 5.91 Å². The predicted octanol–water partition coefficient (Wildman–Crippen LogP) is 4.72. The predicted molar refractivity (Wildman–Crippen MR) is 154 cm³/mol. The minimum absolute atomic E-state index is 0.0646. The van der Waals surface area contributed by atoms with Crippen LogP contribution in [-0.4, -0.2) is 72.0 Å². The molecule has 1 aromatic carbocycles. The number of nitrogens with zero attached hydrogens (tertiary/aromatic N) is 6. The molecular weight excluding hydrogens is 524 g/mol. The number of amides is 2. The van der Waals surface area contributed by atoms with Gasteiger partial charge in [-0.15, -0.1) is 0 Å². The zero-order chi connectivity index (χ0) is 29.5. The molecule has 1 fully saturated rings. The minimum Gasteiger partial charge on any atom is -0.477 e. The number of likely N-dealkylation sites (tertiary alicyclic amines) is 1. The highest BCUT2D eigenvalue weighted by Gasteiger charge is 2.35. The first-order valence-electron chi connectivity index (χ1n) is 13.5. The Labute approximate surface area is 237 Å². The SMILES string of the molecule is Cn1ncc(-c2ccc(C(=O)N(c3nccc4ccn(C)c34)C3CCCN(C(=O)OC(C)(C)C)C3)cc2)c1C(=O)O. The third-order valence-electron chi connectivity index (χ3n) is 7.21. The van der Waals surface area contributed by atoms with Crippen LogP contribution in [0.5, 0.6) is 0 Å². The Bertz CT molecular complexity index is 1610. The number of aromatic carboxylic acids is 1. The summed E-state index contributed by atoms with van der Waals surface area (Å²) < 4.78 is 8.88. The van der Waals surface area contributed by atoms with Crippen molar-refractivity contribution in [3.05, 3.63) is 66.2 Å². The van der Waals surface area contributed by atoms with E-state index in [-0.39, 0.29) is 17.6 Å². The van der Waals surface area contributed by atoms with Gasteiger partial charge in [0.05, 0.1) is 17.8 Å². The third-order valence-corrected chi connectivity index (χ3v) is 7.21. The Hall–Kier alpha value is -4.67. The average Bonchev–Trinajstić information content (AvgIpc) is 3.51. The number of carboxylic acids is 1. The van der Waals surface area contributed by atoms with Crippen LogP contribution in [0.3, 0.4) is 0 Å². The third kappa shape index (κ3) is 5.52. The lowest BCUT2D eigenvalue weighted by atomic mass is 10.0. The lowest BCUT2D eigenvalue weighted by Crippen LogP contribution is -2.53. The second-order valence-corrected chi connectivity index (χ2v) is 11.3. The van der Waals surface area contributed by atoms with Gasteiger partial charge in [0, 0.05) is 56.1 Å². The molecule has 11 nitrogen and oxygen atoms in total. The normalized spacial score (nSPS) is 15.6. The first-order chi connectivity index (χ1) is 19.4. The summed E-state index contributed by atoms with van der Waals surface area (Å²) in [5.74, 6) is -0.834. The second kappa shape index (κ2) is 10.7. The number of benzene rings is 1. The number of carbonyl (C=O) groups is 3. The van der Waals surface area contributed by atoms with E-state index in [1.54, 1.807) is 47.3 Å². The van der Waals surface area contributed by atoms with E-state index in [4.69, 9.17) is 4.74 Å². The number of fused-ring (bicyclic) bond motifs is 1. The number of anilines is 1. The highest BCUT2D eigenvalue weighted by Crippen LogP contribution is 2.32. The summed E-state index contributed by atoms with van der Waals surface area (Å²) in [6.45, 7) is 6.34. The number of carboxylic acid groups (broad SMARTS) is 1. The van der Waals surface area contributed by atoms with Crippen LogP contribution in [0.2, 0.25) is 0 Å². The molecular formula is C30H34N6O5. The van der Waals surface area contributed by atoms with Crippen molar-refractivity contribution >= 4 is 34.7 Å². The molecule has 214 valence electrons. The molecule has 1 N–H and O–H groups in total. The van der Waals surface area contributed by atoms with Gasteiger partial charge < -0.3 is 19.3 Å². The fourth-order valence-electron chi connectivity index (χ4n) is 5.32. The van der Waals surface area contributed by atoms with Gasteiger partial charge in [-0.1, -0.05) is 12.1 Å². The summed E-state index contributed by atoms with van der Waals surface area (Å²) in [6, 6.07) is 10.3. The maximum absolute atomic E-state index is 14.3. The van der Waals surface area contributed by atoms with Crippen molar-refractivity contribution in [3.63, 3.8) is 0 Å². The second-order valence-electron chi connectivity index (χ2n) is 11.3. The Kier molecular flexibility index (Phi) is 7.29. The first-order valence-corrected chi connectivity index (χ1v) is 13.5. The Morgan fingerprint density at radius 3 is 2.49 bits per heavy atom. The van der Waals surface area contributed by atoms with Gasteiger partial charge in [-0.05, 0) is 63.4 Å². The maximum atomic E-state index is 14.3. The zero-order valence-corrected chi connectivity index (χ0v) is 23.9. The molecule has 11 heteroatoms. The summed E-state index contributed by atoms with van der Waals surface area (Å²) in [6.07, 6.45) is 6.09. The fourth-order valence-corrected chi connectivity index (χ4v) is 5.32. The molecule has 2 amide bonds. The number of aryl methyl sites for hydroxylation is 2. The van der Waals surface area contributed by atoms with Gasteiger partial charge in [0.2, 0.25) is 0 Å². The molecule has 0 bridgehead atoms. The summed E-state index contributed by atoms with van der Waals surface area (Å²) in [5.41, 5.74) is 1.76. The molecule has 5 rings (SSSR count). The Morgan fingerprint density at radius 2 is 1.80 bits per heavy atom. The molecule has 3 aromatic heterocycles. The first kappa shape index (κ1) is 27.9. The van der Waals surface area contributed by atoms with Gasteiger partial charge in [0.1, 0.15) is 5.60 Å². The highest BCUT2D eigenvalue weighted by molar-refractivity contribution is 6.10. The number of piperidine rings is 1. The van der Waals surface area contributed by atoms with Crippen LogP contribution >= 0.6 is 0 Å². The lowest BCUT2D eigenvalue weighted by Gasteiger charge is -2.39. The van der Waals surface area contributed by atoms with Crippen LogP contribution in [0, 0.1) is 0 Å². The van der Waals surface area contributed by atoms with Crippen LogP contribution in [0.25, 0.3) is 22.0 Å². The van der Waals surface area contributed by atoms with Crippen LogP contribution in [-0.2, 0) is 18.8 Å². The van der Waals surface area contributed by atoms with Gasteiger partial charge in [-0.2, -0.15) is 5.10 Å². The topological polar surface area (TPSA) is 123 Å². The van der Waals surface area contributed by atoms with Gasteiger partial charge in [-0.25, -0.2) is 14.6 Å². The molecule has 4 heterocycles. The molecule has 1 aliphatic heterocycles. The van der Waals surface area contributed by atoms with Crippen molar-refractivity contribution in [2.45, 2.75) is 45.3 Å². The summed E-state index contributed by atoms with van der Waals surface area (Å²) in [5, 5.41) is 14.7. The van der Waals surface area contributed by atoms with Crippen molar-refractivity contribution in [1.29, 1.82) is 0 Å². The number of aromatic nitrogens is 4. The molecule has 1 aliphatic rings. The smallest absolute Gasteiger partial charge is 0.410 e. The fraction of sp³-hybridized carbons (Fsp3) is 0.367. The van der Waals surface area contributed by atoms with E-state index in [9.17, 15) is 19.5 Å². The average molecular weight is 559 g/mol. The van der Waals surface area contributed by atoms with Crippen molar-refractivity contribution in [3.8, 4) is 11.1 Å². The summed E-state index contributed by atoms with van der Waals surface area (Å²) in [4.78, 5) is 47.0. The van der Waals surface area contributed by atoms with Crippen LogP contribution in [0.15, 0.2) is 55.0 Å². The minimum atomic E-state index is -1.08. The van der Waals surface area contributed by atoms with Crippen molar-refractivity contribution in [1.82, 2.24) is 24.2 Å². The highest BCUT2D eigenvalue weighted by atomic mass is 16.6. The van der Waals surface area contributed by atoms with Crippen molar-refractivity contribution in [2.24, 2.45) is 14.1 Å². The molecule has 1 saturated heterocycles. The number of rotatable bonds is 5. The van der Waals surface area contributed by atoms with E-state index in [0.29, 0.717) is 48.4 Å². The largest absolute Gasteiger partial charge is 0.477 e. The number of ether oxygens (including phenoxy) is 1. The number of hydrogen-bond donors (Lipinski definition) is 1. The van der Waals surface area contributed by atoms with Crippen molar-refractivity contribution < 1.29 is 24.2 Å². The van der Waals surface area contributed by atoms with Gasteiger partial charge in [-0.3, -0.25) is 14.4 Å². The van der Waals surface area contributed by atoms with E-state index < -0.39 is 17.7 Å². The van der Waals surface area contributed by atoms with Gasteiger partial charge >= 0.3 is 12.1 Å². The summed E-state index contributed by atoms with van der Waals surface area (Å²) in [7, 11) is 3.48. The quantitative estimate of drug-likeness (QED) is 0.376. The molecule has 41 heavy (non-hydrogen) atoms. The van der Waals surface area contributed by atoms with Crippen LogP contribution < -0.4 is 4.90 Å². The molecule has 0 spiro atoms. The molecule has 1 atom stereocenters. The van der Waals surface area contributed by atoms with Crippen LogP contribution in [0.1, 0.15) is 54.5 Å². The molecule has 0 aliphatic carbocycles. The van der Waals surface area contributed by atoms with Gasteiger partial charge in [0.15, 0.2) is 11.5 Å². The van der Waals surface area contributed by atoms with E-state index in [1.807, 2.05) is 50.7 Å². The van der Waals surface area contributed by atoms with Crippen molar-refractivity contribution in [2.75, 3.05) is 18.0 Å². The van der Waals surface area contributed by atoms with E-state index in [2.05, 4.69) is 10.1 Å². The maximum Gasteiger partial charge on any atom is 0.410 e. The Balaban J connectivity index is 1.53. The number of carbonyl (C=O) groups excluding carboxylic acids is 2. The number of pyridine rings is 1. The Morgan fingerprint density at radius 1 is 1.07 bits per heavy atom. The van der Waals surface area contributed by atoms with E-state index in [1.165, 1.54) is 10.9 Å². The summed E-state index contributed by atoms with van der Waals surface area (Å²) >= 11 is 0. The van der Waals surface area contributed by atoms with Crippen LogP contribution in [0.4, 0.5) is 10.6 Å². The lowest BCUT2D eigenvalue weighted by molar-refractivity contribution is 0.0195. The van der Waals surface area contributed by atoms with E-state index in [0.717, 1.165) is 10.9 Å². The standard InChI is InChI=1S/C30H34N6O5/c1-30(2,3)41-29(40)35-15-6-7-22(18-35)36(26-24-20(12-14-31-26)13-16-33(24)4)27(37)21-10-8-19(9-11-21)23-17-32-34(5)25(23)28(38)39/h8-14,16-17,22H,6-7,15,18H2,1-5H3,(H,38,39). The molecule has 0 saturated carbocycles. The monoisotopic (exact) mass is 558 g/mol. The molecule has 1 unspecified atom stereocenters. The molecule has 0 radical (unpaired) electrons. The van der Waals surface area contributed by atoms with E-state index >= 15 is 0 Å². The molecule has 4 aromatic rings. The number of hydrogen-bond acceptors (Lipinski definition) is 6. The zero-order valence-electron chi connectivity index (χ0n) is 23.9.